The van der Waals surface area contributed by atoms with Gasteiger partial charge in [0.15, 0.2) is 5.82 Å². The van der Waals surface area contributed by atoms with Gasteiger partial charge in [0, 0.05) is 32.7 Å². The Bertz CT molecular complexity index is 666. The summed E-state index contributed by atoms with van der Waals surface area (Å²) in [7, 11) is 1.62. The molecule has 5 heteroatoms. The van der Waals surface area contributed by atoms with Gasteiger partial charge in [0.05, 0.1) is 19.5 Å². The number of rotatable bonds is 4. The fourth-order valence-electron chi connectivity index (χ4n) is 2.94. The van der Waals surface area contributed by atoms with Crippen molar-refractivity contribution in [1.29, 1.82) is 0 Å². The largest absolute Gasteiger partial charge is 0.480 e. The van der Waals surface area contributed by atoms with Gasteiger partial charge in [-0.15, -0.1) is 0 Å². The first-order valence-electron chi connectivity index (χ1n) is 8.05. The fourth-order valence-corrected chi connectivity index (χ4v) is 2.94. The number of hydrogen-bond donors (Lipinski definition) is 0. The van der Waals surface area contributed by atoms with E-state index < -0.39 is 0 Å². The van der Waals surface area contributed by atoms with Crippen molar-refractivity contribution in [3.63, 3.8) is 0 Å². The topological polar surface area (TPSA) is 41.5 Å². The third kappa shape index (κ3) is 3.79. The number of piperazine rings is 1. The number of ether oxygens (including phenoxy) is 1. The Morgan fingerprint density at radius 1 is 1.09 bits per heavy atom. The van der Waals surface area contributed by atoms with Gasteiger partial charge in [-0.2, -0.15) is 4.98 Å². The predicted molar refractivity (Wildman–Crippen MR) is 92.0 cm³/mol. The maximum Gasteiger partial charge on any atom is 0.233 e. The summed E-state index contributed by atoms with van der Waals surface area (Å²) in [6, 6.07) is 6.69. The molecule has 5 nitrogen and oxygen atoms in total. The van der Waals surface area contributed by atoms with E-state index in [4.69, 9.17) is 4.74 Å². The van der Waals surface area contributed by atoms with Crippen molar-refractivity contribution in [3.8, 4) is 5.88 Å². The molecular weight excluding hydrogens is 288 g/mol. The summed E-state index contributed by atoms with van der Waals surface area (Å²) < 4.78 is 5.16. The van der Waals surface area contributed by atoms with Crippen LogP contribution in [-0.2, 0) is 6.54 Å². The highest BCUT2D eigenvalue weighted by Crippen LogP contribution is 2.18. The molecule has 2 aromatic rings. The second kappa shape index (κ2) is 6.96. The van der Waals surface area contributed by atoms with E-state index in [1.54, 1.807) is 13.3 Å². The van der Waals surface area contributed by atoms with Crippen molar-refractivity contribution in [2.45, 2.75) is 20.4 Å². The third-order valence-electron chi connectivity index (χ3n) is 4.40. The molecule has 0 aliphatic carbocycles. The van der Waals surface area contributed by atoms with Crippen LogP contribution in [0.15, 0.2) is 30.6 Å². The molecule has 0 spiro atoms. The average Bonchev–Trinajstić information content (AvgIpc) is 2.59. The van der Waals surface area contributed by atoms with Gasteiger partial charge in [-0.25, -0.2) is 0 Å². The highest BCUT2D eigenvalue weighted by molar-refractivity contribution is 5.38. The first-order valence-corrected chi connectivity index (χ1v) is 8.05. The molecule has 1 aliphatic heterocycles. The molecule has 1 aliphatic rings. The zero-order valence-electron chi connectivity index (χ0n) is 14.1. The summed E-state index contributed by atoms with van der Waals surface area (Å²) in [5, 5.41) is 0. The van der Waals surface area contributed by atoms with Crippen molar-refractivity contribution < 1.29 is 4.74 Å². The Kier molecular flexibility index (Phi) is 4.76. The lowest BCUT2D eigenvalue weighted by atomic mass is 10.0. The summed E-state index contributed by atoms with van der Waals surface area (Å²) in [4.78, 5) is 13.4. The molecule has 122 valence electrons. The van der Waals surface area contributed by atoms with Crippen LogP contribution in [0.4, 0.5) is 5.82 Å². The zero-order chi connectivity index (χ0) is 16.2. The van der Waals surface area contributed by atoms with Gasteiger partial charge in [-0.05, 0) is 25.0 Å². The molecule has 0 atom stereocenters. The standard InChI is InChI=1S/C18H24N4O/c1-14-4-5-15(2)16(10-14)13-21-6-8-22(9-7-21)17-11-19-12-18(20-17)23-3/h4-5,10-12H,6-9,13H2,1-3H3. The molecule has 0 amide bonds. The SMILES string of the molecule is COc1cncc(N2CCN(Cc3cc(C)ccc3C)CC2)n1. The Morgan fingerprint density at radius 3 is 2.61 bits per heavy atom. The average molecular weight is 312 g/mol. The van der Waals surface area contributed by atoms with Gasteiger partial charge >= 0.3 is 0 Å². The number of aromatic nitrogens is 2. The van der Waals surface area contributed by atoms with Gasteiger partial charge in [0.2, 0.25) is 5.88 Å². The highest BCUT2D eigenvalue weighted by atomic mass is 16.5. The molecule has 0 unspecified atom stereocenters. The predicted octanol–water partition coefficient (Wildman–Crippen LogP) is 2.42. The number of nitrogens with zero attached hydrogens (tertiary/aromatic N) is 4. The normalized spacial score (nSPS) is 15.7. The van der Waals surface area contributed by atoms with Crippen LogP contribution in [0.2, 0.25) is 0 Å². The van der Waals surface area contributed by atoms with Crippen molar-refractivity contribution >= 4 is 5.82 Å². The lowest BCUT2D eigenvalue weighted by Crippen LogP contribution is -2.46. The minimum absolute atomic E-state index is 0.570. The number of hydrogen-bond acceptors (Lipinski definition) is 5. The molecule has 0 bridgehead atoms. The van der Waals surface area contributed by atoms with Crippen molar-refractivity contribution in [2.75, 3.05) is 38.2 Å². The van der Waals surface area contributed by atoms with E-state index >= 15 is 0 Å². The maximum atomic E-state index is 5.16. The van der Waals surface area contributed by atoms with Gasteiger partial charge < -0.3 is 9.64 Å². The molecule has 1 fully saturated rings. The van der Waals surface area contributed by atoms with Gasteiger partial charge in [0.25, 0.3) is 0 Å². The molecule has 0 radical (unpaired) electrons. The maximum absolute atomic E-state index is 5.16. The van der Waals surface area contributed by atoms with Crippen LogP contribution in [0.1, 0.15) is 16.7 Å². The first kappa shape index (κ1) is 15.7. The Hall–Kier alpha value is -2.14. The molecule has 2 heterocycles. The van der Waals surface area contributed by atoms with Gasteiger partial charge in [0.1, 0.15) is 0 Å². The number of aryl methyl sites for hydroxylation is 2. The van der Waals surface area contributed by atoms with Crippen LogP contribution in [0, 0.1) is 13.8 Å². The molecule has 0 N–H and O–H groups in total. The van der Waals surface area contributed by atoms with E-state index in [2.05, 4.69) is 51.8 Å². The van der Waals surface area contributed by atoms with Crippen molar-refractivity contribution in [2.24, 2.45) is 0 Å². The van der Waals surface area contributed by atoms with E-state index in [1.807, 2.05) is 6.20 Å². The smallest absolute Gasteiger partial charge is 0.233 e. The van der Waals surface area contributed by atoms with Crippen LogP contribution in [0.25, 0.3) is 0 Å². The molecule has 1 saturated heterocycles. The second-order valence-electron chi connectivity index (χ2n) is 6.11. The third-order valence-corrected chi connectivity index (χ3v) is 4.40. The van der Waals surface area contributed by atoms with E-state index in [9.17, 15) is 0 Å². The Morgan fingerprint density at radius 2 is 1.87 bits per heavy atom. The molecule has 3 rings (SSSR count). The summed E-state index contributed by atoms with van der Waals surface area (Å²) in [5.41, 5.74) is 4.13. The Labute approximate surface area is 137 Å². The quantitative estimate of drug-likeness (QED) is 0.867. The van der Waals surface area contributed by atoms with Crippen LogP contribution in [0.5, 0.6) is 5.88 Å². The van der Waals surface area contributed by atoms with E-state index in [0.717, 1.165) is 38.5 Å². The van der Waals surface area contributed by atoms with E-state index in [0.29, 0.717) is 5.88 Å². The Balaban J connectivity index is 1.61. The summed E-state index contributed by atoms with van der Waals surface area (Å²) in [5.74, 6) is 1.47. The van der Waals surface area contributed by atoms with Crippen molar-refractivity contribution in [3.05, 3.63) is 47.3 Å². The number of benzene rings is 1. The molecule has 23 heavy (non-hydrogen) atoms. The highest BCUT2D eigenvalue weighted by Gasteiger charge is 2.19. The molecule has 1 aromatic carbocycles. The fraction of sp³-hybridized carbons (Fsp3) is 0.444. The minimum atomic E-state index is 0.570. The first-order chi connectivity index (χ1) is 11.2. The van der Waals surface area contributed by atoms with Crippen LogP contribution in [-0.4, -0.2) is 48.2 Å². The van der Waals surface area contributed by atoms with E-state index in [1.165, 1.54) is 16.7 Å². The molecular formula is C18H24N4O. The van der Waals surface area contributed by atoms with Crippen LogP contribution >= 0.6 is 0 Å². The molecule has 1 aromatic heterocycles. The lowest BCUT2D eigenvalue weighted by Gasteiger charge is -2.35. The monoisotopic (exact) mass is 312 g/mol. The van der Waals surface area contributed by atoms with E-state index in [-0.39, 0.29) is 0 Å². The van der Waals surface area contributed by atoms with Crippen LogP contribution in [0.3, 0.4) is 0 Å². The number of anilines is 1. The number of methoxy groups -OCH3 is 1. The lowest BCUT2D eigenvalue weighted by molar-refractivity contribution is 0.248. The minimum Gasteiger partial charge on any atom is -0.480 e. The summed E-state index contributed by atoms with van der Waals surface area (Å²) >= 11 is 0. The summed E-state index contributed by atoms with van der Waals surface area (Å²) in [6.07, 6.45) is 3.45. The summed E-state index contributed by atoms with van der Waals surface area (Å²) in [6.45, 7) is 9.36. The molecule has 0 saturated carbocycles. The van der Waals surface area contributed by atoms with Gasteiger partial charge in [-0.3, -0.25) is 9.88 Å². The van der Waals surface area contributed by atoms with Crippen molar-refractivity contribution in [1.82, 2.24) is 14.9 Å². The van der Waals surface area contributed by atoms with Gasteiger partial charge in [-0.1, -0.05) is 23.8 Å². The zero-order valence-corrected chi connectivity index (χ0v) is 14.1. The van der Waals surface area contributed by atoms with Crippen LogP contribution < -0.4 is 9.64 Å². The second-order valence-corrected chi connectivity index (χ2v) is 6.11.